The lowest BCUT2D eigenvalue weighted by atomic mass is 9.97. The Bertz CT molecular complexity index is 929. The maximum absolute atomic E-state index is 12.7. The van der Waals surface area contributed by atoms with Crippen molar-refractivity contribution in [3.63, 3.8) is 0 Å². The largest absolute Gasteiger partial charge is 0.325 e. The maximum Gasteiger partial charge on any atom is 0.260 e. The standard InChI is InChI=1S/C20H23N3OS/c1-2-23(12-14-8-4-3-5-9-14)13-17-21-19(24)18-15-10-6-7-11-16(15)25-20(18)22-17/h3-5,8-9H,2,6-7,10-13H2,1H3,(H,21,22,24)/p+1. The molecule has 4 nitrogen and oxygen atoms in total. The second kappa shape index (κ2) is 7.10. The number of H-pyrrole nitrogens is 1. The van der Waals surface area contributed by atoms with Crippen LogP contribution >= 0.6 is 11.3 Å². The molecule has 2 heterocycles. The molecule has 2 N–H and O–H groups in total. The molecule has 1 aliphatic rings. The Morgan fingerprint density at radius 2 is 1.96 bits per heavy atom. The predicted octanol–water partition coefficient (Wildman–Crippen LogP) is 2.47. The summed E-state index contributed by atoms with van der Waals surface area (Å²) < 4.78 is 0. The first kappa shape index (κ1) is 16.5. The monoisotopic (exact) mass is 354 g/mol. The number of hydrogen-bond acceptors (Lipinski definition) is 3. The fourth-order valence-corrected chi connectivity index (χ4v) is 5.01. The summed E-state index contributed by atoms with van der Waals surface area (Å²) in [5, 5.41) is 0.851. The summed E-state index contributed by atoms with van der Waals surface area (Å²) in [6.07, 6.45) is 4.55. The number of aryl methyl sites for hydroxylation is 2. The van der Waals surface area contributed by atoms with Gasteiger partial charge in [0, 0.05) is 10.4 Å². The zero-order chi connectivity index (χ0) is 17.2. The number of aromatic amines is 1. The van der Waals surface area contributed by atoms with E-state index in [1.807, 2.05) is 6.07 Å². The van der Waals surface area contributed by atoms with Crippen molar-refractivity contribution in [2.24, 2.45) is 0 Å². The summed E-state index contributed by atoms with van der Waals surface area (Å²) in [5.41, 5.74) is 2.62. The third-order valence-corrected chi connectivity index (χ3v) is 6.27. The molecule has 2 aromatic heterocycles. The second-order valence-corrected chi connectivity index (χ2v) is 7.93. The summed E-state index contributed by atoms with van der Waals surface area (Å²) in [5.74, 6) is 0.809. The Labute approximate surface area is 151 Å². The minimum atomic E-state index is 0.0505. The molecule has 130 valence electrons. The van der Waals surface area contributed by atoms with Crippen LogP contribution in [0.1, 0.15) is 41.6 Å². The fourth-order valence-electron chi connectivity index (χ4n) is 3.73. The van der Waals surface area contributed by atoms with Gasteiger partial charge in [-0.3, -0.25) is 4.79 Å². The Morgan fingerprint density at radius 3 is 2.76 bits per heavy atom. The van der Waals surface area contributed by atoms with Crippen molar-refractivity contribution >= 4 is 21.6 Å². The third-order valence-electron chi connectivity index (χ3n) is 5.09. The molecule has 3 aromatic rings. The highest BCUT2D eigenvalue weighted by atomic mass is 32.1. The molecule has 0 bridgehead atoms. The molecule has 25 heavy (non-hydrogen) atoms. The first-order valence-electron chi connectivity index (χ1n) is 9.15. The summed E-state index contributed by atoms with van der Waals surface area (Å²) in [6.45, 7) is 4.87. The first-order chi connectivity index (χ1) is 12.2. The van der Waals surface area contributed by atoms with E-state index in [9.17, 15) is 4.79 Å². The van der Waals surface area contributed by atoms with Gasteiger partial charge in [-0.05, 0) is 38.2 Å². The van der Waals surface area contributed by atoms with Crippen molar-refractivity contribution in [3.05, 3.63) is 62.5 Å². The number of rotatable bonds is 5. The van der Waals surface area contributed by atoms with E-state index in [0.29, 0.717) is 0 Å². The van der Waals surface area contributed by atoms with Crippen LogP contribution in [-0.2, 0) is 25.9 Å². The van der Waals surface area contributed by atoms with Gasteiger partial charge in [-0.25, -0.2) is 4.98 Å². The van der Waals surface area contributed by atoms with Crippen molar-refractivity contribution in [2.45, 2.75) is 45.7 Å². The highest BCUT2D eigenvalue weighted by Gasteiger charge is 2.20. The molecule has 1 aromatic carbocycles. The van der Waals surface area contributed by atoms with E-state index in [4.69, 9.17) is 4.98 Å². The van der Waals surface area contributed by atoms with E-state index in [1.165, 1.54) is 33.7 Å². The van der Waals surface area contributed by atoms with Gasteiger partial charge in [-0.2, -0.15) is 0 Å². The molecule has 0 spiro atoms. The van der Waals surface area contributed by atoms with Gasteiger partial charge in [-0.15, -0.1) is 11.3 Å². The fraction of sp³-hybridized carbons (Fsp3) is 0.400. The molecule has 0 saturated heterocycles. The zero-order valence-corrected chi connectivity index (χ0v) is 15.4. The van der Waals surface area contributed by atoms with E-state index in [0.717, 1.165) is 48.5 Å². The van der Waals surface area contributed by atoms with Crippen LogP contribution in [0.5, 0.6) is 0 Å². The van der Waals surface area contributed by atoms with E-state index < -0.39 is 0 Å². The Morgan fingerprint density at radius 1 is 1.16 bits per heavy atom. The second-order valence-electron chi connectivity index (χ2n) is 6.85. The first-order valence-corrected chi connectivity index (χ1v) is 9.97. The van der Waals surface area contributed by atoms with Crippen molar-refractivity contribution in [1.82, 2.24) is 9.97 Å². The quantitative estimate of drug-likeness (QED) is 0.739. The van der Waals surface area contributed by atoms with Crippen LogP contribution in [0.25, 0.3) is 10.2 Å². The Balaban J connectivity index is 1.61. The molecule has 0 aliphatic heterocycles. The Kier molecular flexibility index (Phi) is 4.68. The summed E-state index contributed by atoms with van der Waals surface area (Å²) in [6, 6.07) is 10.5. The van der Waals surface area contributed by atoms with Crippen LogP contribution in [0.4, 0.5) is 0 Å². The number of thiophene rings is 1. The van der Waals surface area contributed by atoms with E-state index in [2.05, 4.69) is 36.2 Å². The lowest BCUT2D eigenvalue weighted by Gasteiger charge is -2.17. The molecule has 4 rings (SSSR count). The number of quaternary nitrogens is 1. The third kappa shape index (κ3) is 3.39. The number of nitrogens with zero attached hydrogens (tertiary/aromatic N) is 1. The van der Waals surface area contributed by atoms with Gasteiger partial charge in [0.15, 0.2) is 5.82 Å². The number of hydrogen-bond donors (Lipinski definition) is 2. The number of aromatic nitrogens is 2. The Hall–Kier alpha value is -1.98. The van der Waals surface area contributed by atoms with Gasteiger partial charge in [0.1, 0.15) is 17.9 Å². The number of nitrogens with one attached hydrogen (secondary N) is 2. The minimum Gasteiger partial charge on any atom is -0.325 e. The van der Waals surface area contributed by atoms with Gasteiger partial charge in [0.2, 0.25) is 0 Å². The van der Waals surface area contributed by atoms with Crippen LogP contribution in [0.3, 0.4) is 0 Å². The van der Waals surface area contributed by atoms with Crippen LogP contribution in [0.2, 0.25) is 0 Å². The molecule has 5 heteroatoms. The summed E-state index contributed by atoms with van der Waals surface area (Å²) in [4.78, 5) is 24.2. The molecule has 1 aliphatic carbocycles. The predicted molar refractivity (Wildman–Crippen MR) is 102 cm³/mol. The molecule has 0 saturated carbocycles. The molecule has 0 radical (unpaired) electrons. The van der Waals surface area contributed by atoms with Crippen LogP contribution in [0.15, 0.2) is 35.1 Å². The number of benzene rings is 1. The van der Waals surface area contributed by atoms with Gasteiger partial charge < -0.3 is 9.88 Å². The molecular weight excluding hydrogens is 330 g/mol. The highest BCUT2D eigenvalue weighted by Crippen LogP contribution is 2.33. The van der Waals surface area contributed by atoms with Gasteiger partial charge in [0.25, 0.3) is 5.56 Å². The maximum atomic E-state index is 12.7. The van der Waals surface area contributed by atoms with Crippen LogP contribution in [-0.4, -0.2) is 16.5 Å². The van der Waals surface area contributed by atoms with Crippen molar-refractivity contribution in [3.8, 4) is 0 Å². The van der Waals surface area contributed by atoms with Gasteiger partial charge in [0.05, 0.1) is 11.9 Å². The molecule has 1 unspecified atom stereocenters. The highest BCUT2D eigenvalue weighted by molar-refractivity contribution is 7.18. The lowest BCUT2D eigenvalue weighted by Crippen LogP contribution is -3.09. The normalized spacial score (nSPS) is 15.2. The molecule has 0 amide bonds. The molecular formula is C20H24N3OS+. The van der Waals surface area contributed by atoms with E-state index >= 15 is 0 Å². The zero-order valence-electron chi connectivity index (χ0n) is 14.6. The summed E-state index contributed by atoms with van der Waals surface area (Å²) in [7, 11) is 0. The van der Waals surface area contributed by atoms with E-state index in [1.54, 1.807) is 11.3 Å². The summed E-state index contributed by atoms with van der Waals surface area (Å²) >= 11 is 1.73. The van der Waals surface area contributed by atoms with Crippen molar-refractivity contribution in [2.75, 3.05) is 6.54 Å². The molecule has 1 atom stereocenters. The van der Waals surface area contributed by atoms with Crippen LogP contribution in [0, 0.1) is 0 Å². The smallest absolute Gasteiger partial charge is 0.260 e. The van der Waals surface area contributed by atoms with E-state index in [-0.39, 0.29) is 5.56 Å². The van der Waals surface area contributed by atoms with Gasteiger partial charge >= 0.3 is 0 Å². The van der Waals surface area contributed by atoms with Gasteiger partial charge in [-0.1, -0.05) is 30.3 Å². The van der Waals surface area contributed by atoms with Crippen molar-refractivity contribution < 1.29 is 4.90 Å². The molecule has 0 fully saturated rings. The minimum absolute atomic E-state index is 0.0505. The van der Waals surface area contributed by atoms with Crippen LogP contribution < -0.4 is 10.5 Å². The average molecular weight is 354 g/mol. The number of fused-ring (bicyclic) bond motifs is 3. The SMILES string of the molecule is CC[NH+](Cc1ccccc1)Cc1nc2sc3c(c2c(=O)[nH]1)CCCC3. The lowest BCUT2D eigenvalue weighted by molar-refractivity contribution is -0.926. The van der Waals surface area contributed by atoms with Crippen molar-refractivity contribution in [1.29, 1.82) is 0 Å². The average Bonchev–Trinajstić information content (AvgIpc) is 3.00. The topological polar surface area (TPSA) is 50.2 Å².